The fourth-order valence-electron chi connectivity index (χ4n) is 3.82. The van der Waals surface area contributed by atoms with E-state index in [0.717, 1.165) is 11.3 Å². The minimum Gasteiger partial charge on any atom is -0.504 e. The van der Waals surface area contributed by atoms with Gasteiger partial charge in [-0.05, 0) is 55.3 Å². The first-order chi connectivity index (χ1) is 16.4. The third-order valence-electron chi connectivity index (χ3n) is 5.45. The number of hydrogen-bond donors (Lipinski definition) is 1. The molecule has 3 aromatic rings. The lowest BCUT2D eigenvalue weighted by atomic mass is 9.95. The molecule has 0 fully saturated rings. The molecule has 2 aromatic carbocycles. The van der Waals surface area contributed by atoms with Crippen LogP contribution in [0.2, 0.25) is 0 Å². The molecule has 0 aliphatic carbocycles. The monoisotopic (exact) mass is 480 g/mol. The van der Waals surface area contributed by atoms with Crippen molar-refractivity contribution in [2.45, 2.75) is 19.9 Å². The zero-order valence-corrected chi connectivity index (χ0v) is 20.0. The number of esters is 1. The van der Waals surface area contributed by atoms with Crippen LogP contribution in [0, 0.1) is 0 Å². The average molecular weight is 481 g/mol. The van der Waals surface area contributed by atoms with Gasteiger partial charge in [0.05, 0.1) is 42.7 Å². The van der Waals surface area contributed by atoms with Gasteiger partial charge in [0.1, 0.15) is 5.75 Å². The smallest absolute Gasteiger partial charge is 0.338 e. The number of thiazole rings is 1. The number of rotatable bonds is 6. The van der Waals surface area contributed by atoms with Crippen LogP contribution in [0.3, 0.4) is 0 Å². The summed E-state index contributed by atoms with van der Waals surface area (Å²) in [5.74, 6) is 0.354. The number of aromatic hydroxyl groups is 1. The Labute approximate surface area is 199 Å². The van der Waals surface area contributed by atoms with Gasteiger partial charge in [0.2, 0.25) is 0 Å². The van der Waals surface area contributed by atoms with Gasteiger partial charge in [-0.2, -0.15) is 0 Å². The largest absolute Gasteiger partial charge is 0.504 e. The number of phenolic OH excluding ortho intramolecular Hbond substituents is 1. The third-order valence-corrected chi connectivity index (χ3v) is 6.43. The number of nitrogens with zero attached hydrogens (tertiary/aromatic N) is 2. The molecule has 8 nitrogen and oxygen atoms in total. The Hall–Kier alpha value is -3.85. The predicted molar refractivity (Wildman–Crippen MR) is 128 cm³/mol. The molecule has 0 spiro atoms. The van der Waals surface area contributed by atoms with Crippen LogP contribution in [0.15, 0.2) is 63.5 Å². The predicted octanol–water partition coefficient (Wildman–Crippen LogP) is 2.52. The summed E-state index contributed by atoms with van der Waals surface area (Å²) in [5, 5.41) is 10.1. The van der Waals surface area contributed by atoms with Crippen molar-refractivity contribution in [2.24, 2.45) is 4.99 Å². The van der Waals surface area contributed by atoms with Crippen LogP contribution >= 0.6 is 11.3 Å². The molecule has 0 saturated carbocycles. The van der Waals surface area contributed by atoms with Gasteiger partial charge in [0.25, 0.3) is 5.56 Å². The van der Waals surface area contributed by atoms with Gasteiger partial charge in [0, 0.05) is 0 Å². The van der Waals surface area contributed by atoms with Crippen molar-refractivity contribution in [1.82, 2.24) is 4.57 Å². The number of fused-ring (bicyclic) bond motifs is 1. The highest BCUT2D eigenvalue weighted by molar-refractivity contribution is 7.07. The van der Waals surface area contributed by atoms with Crippen LogP contribution in [0.4, 0.5) is 0 Å². The summed E-state index contributed by atoms with van der Waals surface area (Å²) >= 11 is 1.24. The van der Waals surface area contributed by atoms with Crippen molar-refractivity contribution >= 4 is 23.4 Å². The molecule has 1 aliphatic heterocycles. The second-order valence-electron chi connectivity index (χ2n) is 7.51. The summed E-state index contributed by atoms with van der Waals surface area (Å²) in [4.78, 5) is 31.5. The maximum absolute atomic E-state index is 13.6. The van der Waals surface area contributed by atoms with Crippen molar-refractivity contribution in [2.75, 3.05) is 20.8 Å². The van der Waals surface area contributed by atoms with Gasteiger partial charge in [-0.15, -0.1) is 0 Å². The lowest BCUT2D eigenvalue weighted by Crippen LogP contribution is -2.39. The van der Waals surface area contributed by atoms with Crippen LogP contribution < -0.4 is 24.4 Å². The van der Waals surface area contributed by atoms with Gasteiger partial charge >= 0.3 is 5.97 Å². The summed E-state index contributed by atoms with van der Waals surface area (Å²) in [6.07, 6.45) is 1.78. The van der Waals surface area contributed by atoms with Crippen LogP contribution in [0.25, 0.3) is 6.08 Å². The molecule has 4 rings (SSSR count). The quantitative estimate of drug-likeness (QED) is 0.545. The van der Waals surface area contributed by atoms with E-state index in [1.54, 1.807) is 39.2 Å². The Balaban J connectivity index is 1.94. The highest BCUT2D eigenvalue weighted by Crippen LogP contribution is 2.35. The molecule has 1 aromatic heterocycles. The Morgan fingerprint density at radius 1 is 1.18 bits per heavy atom. The van der Waals surface area contributed by atoms with E-state index in [2.05, 4.69) is 4.99 Å². The van der Waals surface area contributed by atoms with E-state index in [1.807, 2.05) is 24.3 Å². The van der Waals surface area contributed by atoms with Crippen molar-refractivity contribution < 1.29 is 24.1 Å². The first-order valence-electron chi connectivity index (χ1n) is 10.6. The highest BCUT2D eigenvalue weighted by atomic mass is 32.1. The Morgan fingerprint density at radius 3 is 2.56 bits per heavy atom. The minimum absolute atomic E-state index is 0.0449. The number of carbonyl (C=O) groups is 1. The number of aromatic nitrogens is 1. The molecule has 1 N–H and O–H groups in total. The summed E-state index contributed by atoms with van der Waals surface area (Å²) in [5.41, 5.74) is 1.86. The SMILES string of the molecule is CCOC(=O)C1=C(C)N=c2sc(=Cc3ccc(OC)cc3)c(=O)n2C1c1ccc(O)c(OC)c1. The van der Waals surface area contributed by atoms with E-state index in [-0.39, 0.29) is 29.2 Å². The normalized spacial score (nSPS) is 15.5. The zero-order chi connectivity index (χ0) is 24.4. The summed E-state index contributed by atoms with van der Waals surface area (Å²) in [6, 6.07) is 11.3. The Kier molecular flexibility index (Phi) is 6.56. The molecule has 9 heteroatoms. The third kappa shape index (κ3) is 4.22. The first kappa shape index (κ1) is 23.3. The molecular formula is C25H24N2O6S. The van der Waals surface area contributed by atoms with E-state index in [9.17, 15) is 14.7 Å². The van der Waals surface area contributed by atoms with E-state index < -0.39 is 12.0 Å². The maximum atomic E-state index is 13.6. The molecule has 0 radical (unpaired) electrons. The topological polar surface area (TPSA) is 99.4 Å². The Morgan fingerprint density at radius 2 is 1.91 bits per heavy atom. The molecule has 2 heterocycles. The average Bonchev–Trinajstić information content (AvgIpc) is 3.13. The number of phenols is 1. The molecule has 0 amide bonds. The first-order valence-corrected chi connectivity index (χ1v) is 11.4. The number of ether oxygens (including phenoxy) is 3. The summed E-state index contributed by atoms with van der Waals surface area (Å²) < 4.78 is 17.7. The van der Waals surface area contributed by atoms with E-state index in [4.69, 9.17) is 14.2 Å². The molecule has 1 aliphatic rings. The fourth-order valence-corrected chi connectivity index (χ4v) is 4.87. The van der Waals surface area contributed by atoms with Crippen molar-refractivity contribution in [3.8, 4) is 17.2 Å². The van der Waals surface area contributed by atoms with E-state index >= 15 is 0 Å². The standard InChI is InChI=1S/C25H24N2O6S/c1-5-33-24(30)21-14(2)26-25-27(22(21)16-8-11-18(28)19(13-16)32-4)23(29)20(34-25)12-15-6-9-17(31-3)10-7-15/h6-13,22,28H,5H2,1-4H3. The van der Waals surface area contributed by atoms with Gasteiger partial charge < -0.3 is 19.3 Å². The highest BCUT2D eigenvalue weighted by Gasteiger charge is 2.33. The molecule has 176 valence electrons. The number of methoxy groups -OCH3 is 2. The molecular weight excluding hydrogens is 456 g/mol. The van der Waals surface area contributed by atoms with Crippen LogP contribution in [0.1, 0.15) is 31.0 Å². The van der Waals surface area contributed by atoms with Crippen LogP contribution in [0.5, 0.6) is 17.2 Å². The maximum Gasteiger partial charge on any atom is 0.338 e. The van der Waals surface area contributed by atoms with Crippen molar-refractivity contribution in [3.63, 3.8) is 0 Å². The van der Waals surface area contributed by atoms with E-state index in [1.165, 1.54) is 29.1 Å². The molecule has 1 atom stereocenters. The fraction of sp³-hybridized carbons (Fsp3) is 0.240. The van der Waals surface area contributed by atoms with Crippen LogP contribution in [-0.2, 0) is 9.53 Å². The summed E-state index contributed by atoms with van der Waals surface area (Å²) in [7, 11) is 3.03. The van der Waals surface area contributed by atoms with Gasteiger partial charge in [-0.1, -0.05) is 29.5 Å². The van der Waals surface area contributed by atoms with Gasteiger partial charge in [-0.3, -0.25) is 9.36 Å². The second kappa shape index (κ2) is 9.56. The van der Waals surface area contributed by atoms with Crippen molar-refractivity contribution in [3.05, 3.63) is 84.5 Å². The number of allylic oxidation sites excluding steroid dienone is 1. The van der Waals surface area contributed by atoms with Gasteiger partial charge in [0.15, 0.2) is 16.3 Å². The Bertz CT molecular complexity index is 1450. The molecule has 34 heavy (non-hydrogen) atoms. The molecule has 0 saturated heterocycles. The minimum atomic E-state index is -0.789. The van der Waals surface area contributed by atoms with E-state index in [0.29, 0.717) is 20.6 Å². The molecule has 0 bridgehead atoms. The summed E-state index contributed by atoms with van der Waals surface area (Å²) in [6.45, 7) is 3.62. The second-order valence-corrected chi connectivity index (χ2v) is 8.52. The van der Waals surface area contributed by atoms with Crippen LogP contribution in [-0.4, -0.2) is 36.5 Å². The molecule has 1 unspecified atom stereocenters. The zero-order valence-electron chi connectivity index (χ0n) is 19.2. The number of hydrogen-bond acceptors (Lipinski definition) is 8. The number of carbonyl (C=O) groups excluding carboxylic acids is 1. The van der Waals surface area contributed by atoms with Crippen molar-refractivity contribution in [1.29, 1.82) is 0 Å². The lowest BCUT2D eigenvalue weighted by Gasteiger charge is -2.25. The number of benzene rings is 2. The van der Waals surface area contributed by atoms with Gasteiger partial charge in [-0.25, -0.2) is 9.79 Å². The lowest BCUT2D eigenvalue weighted by molar-refractivity contribution is -0.139.